The molecule has 0 spiro atoms. The monoisotopic (exact) mass is 156 g/mol. The van der Waals surface area contributed by atoms with E-state index in [-0.39, 0.29) is 0 Å². The van der Waals surface area contributed by atoms with Gasteiger partial charge in [0, 0.05) is 11.5 Å². The third kappa shape index (κ3) is 6.99. The molecule has 44 valence electrons. The third-order valence-electron chi connectivity index (χ3n) is 0.509. The fourth-order valence-corrected chi connectivity index (χ4v) is 1.77. The largest absolute Gasteiger partial charge is 0.165 e. The molecule has 0 atom stereocenters. The maximum Gasteiger partial charge on any atom is 0.0680 e. The van der Waals surface area contributed by atoms with E-state index in [4.69, 9.17) is 11.6 Å². The first-order chi connectivity index (χ1) is 3.41. The second kappa shape index (κ2) is 6.99. The van der Waals surface area contributed by atoms with Crippen LogP contribution in [0.2, 0.25) is 0 Å². The summed E-state index contributed by atoms with van der Waals surface area (Å²) in [6, 6.07) is 0. The van der Waals surface area contributed by atoms with Crippen LogP contribution >= 0.6 is 35.1 Å². The number of rotatable bonds is 4. The summed E-state index contributed by atoms with van der Waals surface area (Å²) in [5.74, 6) is 2.40. The average molecular weight is 157 g/mol. The normalized spacial score (nSPS) is 9.43. The molecular weight excluding hydrogens is 148 g/mol. The average Bonchev–Trinajstić information content (AvgIpc) is 1.69. The highest BCUT2D eigenvalue weighted by Crippen LogP contribution is 2.04. The van der Waals surface area contributed by atoms with E-state index in [1.165, 1.54) is 11.5 Å². The molecule has 0 aliphatic carbocycles. The minimum absolute atomic E-state index is 0.737. The molecule has 0 aliphatic heterocycles. The molecule has 0 saturated carbocycles. The van der Waals surface area contributed by atoms with Crippen molar-refractivity contribution in [2.24, 2.45) is 0 Å². The highest BCUT2D eigenvalue weighted by atomic mass is 35.5. The van der Waals surface area contributed by atoms with Crippen LogP contribution in [0.25, 0.3) is 0 Å². The highest BCUT2D eigenvalue weighted by molar-refractivity contribution is 8.03. The summed E-state index contributed by atoms with van der Waals surface area (Å²) >= 11 is 9.03. The molecule has 0 aromatic heterocycles. The topological polar surface area (TPSA) is 0 Å². The highest BCUT2D eigenvalue weighted by Gasteiger charge is 1.81. The van der Waals surface area contributed by atoms with Gasteiger partial charge in [-0.1, -0.05) is 0 Å². The van der Waals surface area contributed by atoms with Gasteiger partial charge in [-0.05, 0) is 6.26 Å². The Morgan fingerprint density at radius 3 is 2.57 bits per heavy atom. The quantitative estimate of drug-likeness (QED) is 0.453. The van der Waals surface area contributed by atoms with E-state index in [0.717, 1.165) is 5.21 Å². The van der Waals surface area contributed by atoms with E-state index in [1.807, 2.05) is 11.8 Å². The Bertz CT molecular complexity index is 28.9. The summed E-state index contributed by atoms with van der Waals surface area (Å²) in [7, 11) is 0. The molecule has 0 saturated heterocycles. The summed E-state index contributed by atoms with van der Waals surface area (Å²) in [5.41, 5.74) is 0. The second-order valence-electron chi connectivity index (χ2n) is 1.01. The fourth-order valence-electron chi connectivity index (χ4n) is 0.197. The summed E-state index contributed by atoms with van der Waals surface area (Å²) in [4.78, 5) is 0. The van der Waals surface area contributed by atoms with E-state index >= 15 is 0 Å². The Kier molecular flexibility index (Phi) is 7.98. The maximum atomic E-state index is 5.39. The summed E-state index contributed by atoms with van der Waals surface area (Å²) in [5, 5.41) is 0.737. The SMILES string of the molecule is CSCCSCCl. The van der Waals surface area contributed by atoms with Crippen molar-refractivity contribution >= 4 is 35.1 Å². The van der Waals surface area contributed by atoms with Gasteiger partial charge >= 0.3 is 0 Å². The molecule has 0 aromatic rings. The van der Waals surface area contributed by atoms with Gasteiger partial charge in [0.1, 0.15) is 0 Å². The predicted molar refractivity (Wildman–Crippen MR) is 41.6 cm³/mol. The van der Waals surface area contributed by atoms with E-state index in [2.05, 4.69) is 6.26 Å². The standard InChI is InChI=1S/C4H9ClS2/c1-6-2-3-7-4-5/h2-4H2,1H3. The first-order valence-electron chi connectivity index (χ1n) is 2.04. The lowest BCUT2D eigenvalue weighted by molar-refractivity contribution is 1.56. The van der Waals surface area contributed by atoms with E-state index in [1.54, 1.807) is 11.8 Å². The van der Waals surface area contributed by atoms with Crippen molar-refractivity contribution < 1.29 is 0 Å². The van der Waals surface area contributed by atoms with Crippen molar-refractivity contribution in [2.75, 3.05) is 23.0 Å². The predicted octanol–water partition coefficient (Wildman–Crippen LogP) is 2.28. The molecular formula is C4H9ClS2. The molecule has 0 rings (SSSR count). The van der Waals surface area contributed by atoms with Gasteiger partial charge in [0.25, 0.3) is 0 Å². The molecule has 0 amide bonds. The van der Waals surface area contributed by atoms with Gasteiger partial charge in [0.15, 0.2) is 0 Å². The van der Waals surface area contributed by atoms with E-state index < -0.39 is 0 Å². The Hall–Kier alpha value is 0.990. The minimum atomic E-state index is 0.737. The second-order valence-corrected chi connectivity index (χ2v) is 3.69. The number of hydrogen-bond acceptors (Lipinski definition) is 2. The van der Waals surface area contributed by atoms with Gasteiger partial charge in [-0.3, -0.25) is 0 Å². The molecule has 0 fully saturated rings. The van der Waals surface area contributed by atoms with Gasteiger partial charge < -0.3 is 0 Å². The van der Waals surface area contributed by atoms with Crippen LogP contribution in [0.15, 0.2) is 0 Å². The van der Waals surface area contributed by atoms with Crippen molar-refractivity contribution in [3.8, 4) is 0 Å². The first-order valence-corrected chi connectivity index (χ1v) is 5.12. The molecule has 0 nitrogen and oxygen atoms in total. The first kappa shape index (κ1) is 7.99. The summed E-state index contributed by atoms with van der Waals surface area (Å²) in [6.07, 6.45) is 2.11. The van der Waals surface area contributed by atoms with E-state index in [9.17, 15) is 0 Å². The Morgan fingerprint density at radius 2 is 2.14 bits per heavy atom. The lowest BCUT2D eigenvalue weighted by Crippen LogP contribution is -1.79. The van der Waals surface area contributed by atoms with Crippen molar-refractivity contribution in [3.63, 3.8) is 0 Å². The molecule has 0 heterocycles. The number of halogens is 1. The molecule has 0 bridgehead atoms. The van der Waals surface area contributed by atoms with Crippen LogP contribution in [-0.4, -0.2) is 23.0 Å². The van der Waals surface area contributed by atoms with E-state index in [0.29, 0.717) is 0 Å². The fraction of sp³-hybridized carbons (Fsp3) is 1.00. The number of hydrogen-bond donors (Lipinski definition) is 0. The lowest BCUT2D eigenvalue weighted by Gasteiger charge is -1.90. The van der Waals surface area contributed by atoms with Crippen LogP contribution in [0.3, 0.4) is 0 Å². The Morgan fingerprint density at radius 1 is 1.43 bits per heavy atom. The van der Waals surface area contributed by atoms with Gasteiger partial charge in [0.05, 0.1) is 5.21 Å². The molecule has 0 aromatic carbocycles. The zero-order valence-electron chi connectivity index (χ0n) is 4.32. The lowest BCUT2D eigenvalue weighted by atomic mass is 11.0. The van der Waals surface area contributed by atoms with Crippen molar-refractivity contribution in [3.05, 3.63) is 0 Å². The van der Waals surface area contributed by atoms with Crippen LogP contribution in [-0.2, 0) is 0 Å². The maximum absolute atomic E-state index is 5.39. The van der Waals surface area contributed by atoms with Crippen LogP contribution in [0.4, 0.5) is 0 Å². The molecule has 0 unspecified atom stereocenters. The van der Waals surface area contributed by atoms with Crippen LogP contribution < -0.4 is 0 Å². The van der Waals surface area contributed by atoms with Crippen LogP contribution in [0.1, 0.15) is 0 Å². The van der Waals surface area contributed by atoms with Gasteiger partial charge in [-0.15, -0.1) is 23.4 Å². The smallest absolute Gasteiger partial charge is 0.0680 e. The van der Waals surface area contributed by atoms with Gasteiger partial charge in [-0.25, -0.2) is 0 Å². The van der Waals surface area contributed by atoms with Crippen molar-refractivity contribution in [1.82, 2.24) is 0 Å². The molecule has 0 radical (unpaired) electrons. The van der Waals surface area contributed by atoms with Gasteiger partial charge in [-0.2, -0.15) is 11.8 Å². The van der Waals surface area contributed by atoms with Gasteiger partial charge in [0.2, 0.25) is 0 Å². The molecule has 0 N–H and O–H groups in total. The van der Waals surface area contributed by atoms with Crippen molar-refractivity contribution in [2.45, 2.75) is 0 Å². The van der Waals surface area contributed by atoms with Crippen LogP contribution in [0.5, 0.6) is 0 Å². The summed E-state index contributed by atoms with van der Waals surface area (Å²) < 4.78 is 0. The molecule has 7 heavy (non-hydrogen) atoms. The zero-order valence-corrected chi connectivity index (χ0v) is 6.70. The zero-order chi connectivity index (χ0) is 5.54. The van der Waals surface area contributed by atoms with Crippen LogP contribution in [0, 0.1) is 0 Å². The molecule has 3 heteroatoms. The number of thioether (sulfide) groups is 2. The number of alkyl halides is 1. The summed E-state index contributed by atoms with van der Waals surface area (Å²) in [6.45, 7) is 0. The Labute approximate surface area is 58.4 Å². The third-order valence-corrected chi connectivity index (χ3v) is 2.49. The minimum Gasteiger partial charge on any atom is -0.165 e. The molecule has 0 aliphatic rings. The Balaban J connectivity index is 2.45. The van der Waals surface area contributed by atoms with Crippen molar-refractivity contribution in [1.29, 1.82) is 0 Å².